The molecule has 19 heavy (non-hydrogen) atoms. The van der Waals surface area contributed by atoms with Crippen molar-refractivity contribution in [1.29, 1.82) is 0 Å². The third-order valence-corrected chi connectivity index (χ3v) is 3.55. The van der Waals surface area contributed by atoms with Crippen LogP contribution < -0.4 is 10.5 Å². The zero-order chi connectivity index (χ0) is 13.8. The van der Waals surface area contributed by atoms with E-state index in [-0.39, 0.29) is 6.04 Å². The summed E-state index contributed by atoms with van der Waals surface area (Å²) in [6.07, 6.45) is 0.999. The maximum atomic E-state index is 6.41. The Morgan fingerprint density at radius 3 is 2.53 bits per heavy atom. The molecule has 2 aromatic rings. The first-order valence-electron chi connectivity index (χ1n) is 6.65. The van der Waals surface area contributed by atoms with Crippen molar-refractivity contribution in [2.75, 3.05) is 7.11 Å². The summed E-state index contributed by atoms with van der Waals surface area (Å²) in [5.74, 6) is 0.903. The molecule has 0 heterocycles. The molecule has 0 radical (unpaired) electrons. The number of ether oxygens (including phenoxy) is 1. The van der Waals surface area contributed by atoms with Gasteiger partial charge in [-0.3, -0.25) is 0 Å². The summed E-state index contributed by atoms with van der Waals surface area (Å²) < 4.78 is 5.29. The van der Waals surface area contributed by atoms with Gasteiger partial charge in [-0.15, -0.1) is 0 Å². The third kappa shape index (κ3) is 2.79. The van der Waals surface area contributed by atoms with Gasteiger partial charge in [-0.2, -0.15) is 0 Å². The number of nitrogens with two attached hydrogens (primary N) is 1. The fourth-order valence-electron chi connectivity index (χ4n) is 2.43. The first-order chi connectivity index (χ1) is 9.17. The summed E-state index contributed by atoms with van der Waals surface area (Å²) in [6.45, 7) is 4.20. The van der Waals surface area contributed by atoms with Crippen molar-refractivity contribution in [3.05, 3.63) is 64.7 Å². The number of rotatable bonds is 4. The van der Waals surface area contributed by atoms with Gasteiger partial charge in [-0.05, 0) is 41.7 Å². The molecule has 0 amide bonds. The minimum absolute atomic E-state index is 0.0826. The molecule has 0 fully saturated rings. The number of hydrogen-bond acceptors (Lipinski definition) is 2. The van der Waals surface area contributed by atoms with E-state index in [2.05, 4.69) is 31.2 Å². The van der Waals surface area contributed by atoms with Gasteiger partial charge in [0, 0.05) is 0 Å². The molecule has 0 spiro atoms. The van der Waals surface area contributed by atoms with E-state index >= 15 is 0 Å². The van der Waals surface area contributed by atoms with Crippen LogP contribution >= 0.6 is 0 Å². The lowest BCUT2D eigenvalue weighted by Crippen LogP contribution is -2.14. The zero-order valence-electron chi connectivity index (χ0n) is 11.8. The number of methoxy groups -OCH3 is 1. The van der Waals surface area contributed by atoms with E-state index < -0.39 is 0 Å². The van der Waals surface area contributed by atoms with Gasteiger partial charge in [0.2, 0.25) is 0 Å². The van der Waals surface area contributed by atoms with E-state index in [4.69, 9.17) is 10.5 Å². The van der Waals surface area contributed by atoms with Crippen LogP contribution in [0.2, 0.25) is 0 Å². The number of hydrogen-bond donors (Lipinski definition) is 1. The molecule has 2 nitrogen and oxygen atoms in total. The summed E-state index contributed by atoms with van der Waals surface area (Å²) in [5, 5.41) is 0. The highest BCUT2D eigenvalue weighted by Gasteiger charge is 2.13. The van der Waals surface area contributed by atoms with E-state index in [1.807, 2.05) is 25.1 Å². The van der Waals surface area contributed by atoms with E-state index in [1.165, 1.54) is 11.1 Å². The summed E-state index contributed by atoms with van der Waals surface area (Å²) in [4.78, 5) is 0. The van der Waals surface area contributed by atoms with Gasteiger partial charge < -0.3 is 10.5 Å². The molecule has 2 aromatic carbocycles. The smallest absolute Gasteiger partial charge is 0.121 e. The van der Waals surface area contributed by atoms with Crippen LogP contribution in [0.25, 0.3) is 0 Å². The molecule has 2 heteroatoms. The SMILES string of the molecule is CCc1ccccc1C(N)c1ccc(OC)c(C)c1. The van der Waals surface area contributed by atoms with Crippen LogP contribution in [0.4, 0.5) is 0 Å². The van der Waals surface area contributed by atoms with Gasteiger partial charge in [-0.1, -0.05) is 43.3 Å². The Morgan fingerprint density at radius 2 is 1.89 bits per heavy atom. The molecule has 0 aromatic heterocycles. The Labute approximate surface area is 115 Å². The maximum absolute atomic E-state index is 6.41. The normalized spacial score (nSPS) is 12.2. The fraction of sp³-hybridized carbons (Fsp3) is 0.294. The monoisotopic (exact) mass is 255 g/mol. The Hall–Kier alpha value is -1.80. The fourth-order valence-corrected chi connectivity index (χ4v) is 2.43. The molecule has 0 bridgehead atoms. The maximum Gasteiger partial charge on any atom is 0.121 e. The van der Waals surface area contributed by atoms with E-state index in [1.54, 1.807) is 7.11 Å². The molecule has 0 aliphatic heterocycles. The first-order valence-corrected chi connectivity index (χ1v) is 6.65. The highest BCUT2D eigenvalue weighted by Crippen LogP contribution is 2.27. The van der Waals surface area contributed by atoms with E-state index in [9.17, 15) is 0 Å². The molecular formula is C17H21NO. The minimum atomic E-state index is -0.0826. The lowest BCUT2D eigenvalue weighted by atomic mass is 9.93. The predicted octanol–water partition coefficient (Wildman–Crippen LogP) is 3.61. The molecule has 0 aliphatic carbocycles. The van der Waals surface area contributed by atoms with Crippen molar-refractivity contribution in [3.63, 3.8) is 0 Å². The van der Waals surface area contributed by atoms with Crippen molar-refractivity contribution in [2.24, 2.45) is 5.73 Å². The standard InChI is InChI=1S/C17H21NO/c1-4-13-7-5-6-8-15(13)17(18)14-9-10-16(19-3)12(2)11-14/h5-11,17H,4,18H2,1-3H3. The largest absolute Gasteiger partial charge is 0.496 e. The zero-order valence-corrected chi connectivity index (χ0v) is 11.8. The van der Waals surface area contributed by atoms with Crippen molar-refractivity contribution >= 4 is 0 Å². The van der Waals surface area contributed by atoms with Gasteiger partial charge in [0.25, 0.3) is 0 Å². The van der Waals surface area contributed by atoms with Crippen molar-refractivity contribution < 1.29 is 4.74 Å². The Bertz CT molecular complexity index is 563. The van der Waals surface area contributed by atoms with Gasteiger partial charge in [-0.25, -0.2) is 0 Å². The molecule has 100 valence electrons. The molecule has 0 saturated heterocycles. The van der Waals surface area contributed by atoms with Crippen molar-refractivity contribution in [2.45, 2.75) is 26.3 Å². The molecule has 2 N–H and O–H groups in total. The minimum Gasteiger partial charge on any atom is -0.496 e. The second kappa shape index (κ2) is 5.89. The molecule has 0 aliphatic rings. The van der Waals surface area contributed by atoms with Gasteiger partial charge >= 0.3 is 0 Å². The van der Waals surface area contributed by atoms with Gasteiger partial charge in [0.15, 0.2) is 0 Å². The lowest BCUT2D eigenvalue weighted by Gasteiger charge is -2.17. The second-order valence-corrected chi connectivity index (χ2v) is 4.76. The van der Waals surface area contributed by atoms with Crippen LogP contribution in [0, 0.1) is 6.92 Å². The van der Waals surface area contributed by atoms with Crippen molar-refractivity contribution in [3.8, 4) is 5.75 Å². The summed E-state index contributed by atoms with van der Waals surface area (Å²) in [7, 11) is 1.69. The number of aryl methyl sites for hydroxylation is 2. The molecule has 1 unspecified atom stereocenters. The highest BCUT2D eigenvalue weighted by molar-refractivity contribution is 5.42. The van der Waals surface area contributed by atoms with Crippen molar-refractivity contribution in [1.82, 2.24) is 0 Å². The molecule has 1 atom stereocenters. The van der Waals surface area contributed by atoms with Gasteiger partial charge in [0.05, 0.1) is 13.2 Å². The van der Waals surface area contributed by atoms with Crippen LogP contribution in [0.5, 0.6) is 5.75 Å². The highest BCUT2D eigenvalue weighted by atomic mass is 16.5. The van der Waals surface area contributed by atoms with Crippen LogP contribution in [0.3, 0.4) is 0 Å². The predicted molar refractivity (Wildman–Crippen MR) is 79.6 cm³/mol. The van der Waals surface area contributed by atoms with E-state index in [0.717, 1.165) is 23.3 Å². The molecule has 2 rings (SSSR count). The quantitative estimate of drug-likeness (QED) is 0.905. The third-order valence-electron chi connectivity index (χ3n) is 3.55. The van der Waals surface area contributed by atoms with Gasteiger partial charge in [0.1, 0.15) is 5.75 Å². The summed E-state index contributed by atoms with van der Waals surface area (Å²) >= 11 is 0. The Morgan fingerprint density at radius 1 is 1.16 bits per heavy atom. The second-order valence-electron chi connectivity index (χ2n) is 4.76. The molecular weight excluding hydrogens is 234 g/mol. The lowest BCUT2D eigenvalue weighted by molar-refractivity contribution is 0.411. The van der Waals surface area contributed by atoms with Crippen LogP contribution in [0.15, 0.2) is 42.5 Å². The average molecular weight is 255 g/mol. The molecule has 0 saturated carbocycles. The summed E-state index contributed by atoms with van der Waals surface area (Å²) in [6, 6.07) is 14.4. The summed E-state index contributed by atoms with van der Waals surface area (Å²) in [5.41, 5.74) is 11.2. The van der Waals surface area contributed by atoms with E-state index in [0.29, 0.717) is 0 Å². The Balaban J connectivity index is 2.38. The first kappa shape index (κ1) is 13.6. The topological polar surface area (TPSA) is 35.2 Å². The van der Waals surface area contributed by atoms with Crippen LogP contribution in [0.1, 0.15) is 35.2 Å². The average Bonchev–Trinajstić information content (AvgIpc) is 2.46. The number of benzene rings is 2. The van der Waals surface area contributed by atoms with Crippen LogP contribution in [-0.4, -0.2) is 7.11 Å². The Kier molecular flexibility index (Phi) is 4.23. The van der Waals surface area contributed by atoms with Crippen LogP contribution in [-0.2, 0) is 6.42 Å².